The van der Waals surface area contributed by atoms with Gasteiger partial charge in [0.1, 0.15) is 5.75 Å². The predicted molar refractivity (Wildman–Crippen MR) is 79.5 cm³/mol. The van der Waals surface area contributed by atoms with Gasteiger partial charge in [0.2, 0.25) is 5.91 Å². The maximum Gasteiger partial charge on any atom is 0.260 e. The van der Waals surface area contributed by atoms with Crippen molar-refractivity contribution in [2.24, 2.45) is 5.73 Å². The van der Waals surface area contributed by atoms with Crippen LogP contribution in [-0.2, 0) is 9.53 Å². The number of carbonyl (C=O) groups is 2. The molecule has 1 aliphatic carbocycles. The highest BCUT2D eigenvalue weighted by Crippen LogP contribution is 2.29. The number of morpholine rings is 1. The maximum atomic E-state index is 12.4. The Morgan fingerprint density at radius 3 is 2.77 bits per heavy atom. The molecule has 0 spiro atoms. The average Bonchev–Trinajstić information content (AvgIpc) is 3.01. The fourth-order valence-electron chi connectivity index (χ4n) is 3.18. The molecule has 0 unspecified atom stereocenters. The van der Waals surface area contributed by atoms with Crippen LogP contribution in [0.15, 0.2) is 24.3 Å². The predicted octanol–water partition coefficient (Wildman–Crippen LogP) is 0.944. The Balaban J connectivity index is 1.56. The van der Waals surface area contributed by atoms with Crippen molar-refractivity contribution >= 4 is 11.8 Å². The van der Waals surface area contributed by atoms with E-state index < -0.39 is 5.91 Å². The van der Waals surface area contributed by atoms with Crippen molar-refractivity contribution < 1.29 is 19.1 Å². The third kappa shape index (κ3) is 3.06. The van der Waals surface area contributed by atoms with Crippen LogP contribution in [0.3, 0.4) is 0 Å². The zero-order chi connectivity index (χ0) is 15.5. The molecule has 1 saturated carbocycles. The standard InChI is InChI=1S/C16H20N2O4/c17-16(20)11-4-6-12(7-5-11)22-10-15(19)18-8-9-21-14-3-1-2-13(14)18/h4-7,13-14H,1-3,8-10H2,(H2,17,20)/t13-,14-/m1/s1. The molecule has 6 nitrogen and oxygen atoms in total. The number of carbonyl (C=O) groups excluding carboxylic acids is 2. The molecule has 1 aromatic rings. The Bertz CT molecular complexity index is 558. The summed E-state index contributed by atoms with van der Waals surface area (Å²) < 4.78 is 11.2. The Kier molecular flexibility index (Phi) is 4.29. The van der Waals surface area contributed by atoms with Gasteiger partial charge in [0.25, 0.3) is 5.91 Å². The van der Waals surface area contributed by atoms with Gasteiger partial charge in [-0.25, -0.2) is 0 Å². The van der Waals surface area contributed by atoms with E-state index in [0.29, 0.717) is 24.5 Å². The number of amides is 2. The van der Waals surface area contributed by atoms with E-state index in [1.807, 2.05) is 4.90 Å². The zero-order valence-corrected chi connectivity index (χ0v) is 12.4. The first-order chi connectivity index (χ1) is 10.6. The van der Waals surface area contributed by atoms with E-state index in [-0.39, 0.29) is 24.7 Å². The van der Waals surface area contributed by atoms with Crippen molar-refractivity contribution in [1.82, 2.24) is 4.90 Å². The summed E-state index contributed by atoms with van der Waals surface area (Å²) in [4.78, 5) is 25.2. The lowest BCUT2D eigenvalue weighted by atomic mass is 10.1. The highest BCUT2D eigenvalue weighted by molar-refractivity contribution is 5.92. The summed E-state index contributed by atoms with van der Waals surface area (Å²) in [6, 6.07) is 6.66. The number of benzene rings is 1. The SMILES string of the molecule is NC(=O)c1ccc(OCC(=O)N2CCO[C@@H]3CCC[C@H]32)cc1. The molecular formula is C16H20N2O4. The van der Waals surface area contributed by atoms with Crippen molar-refractivity contribution in [3.63, 3.8) is 0 Å². The highest BCUT2D eigenvalue weighted by atomic mass is 16.5. The Labute approximate surface area is 129 Å². The molecule has 2 N–H and O–H groups in total. The number of hydrogen-bond acceptors (Lipinski definition) is 4. The van der Waals surface area contributed by atoms with Gasteiger partial charge in [-0.3, -0.25) is 9.59 Å². The second kappa shape index (κ2) is 6.36. The van der Waals surface area contributed by atoms with Gasteiger partial charge < -0.3 is 20.1 Å². The van der Waals surface area contributed by atoms with Gasteiger partial charge in [-0.2, -0.15) is 0 Å². The van der Waals surface area contributed by atoms with Gasteiger partial charge in [0.15, 0.2) is 6.61 Å². The molecule has 22 heavy (non-hydrogen) atoms. The number of primary amides is 1. The minimum atomic E-state index is -0.483. The van der Waals surface area contributed by atoms with E-state index in [4.69, 9.17) is 15.2 Å². The quantitative estimate of drug-likeness (QED) is 0.897. The van der Waals surface area contributed by atoms with Crippen molar-refractivity contribution in [2.45, 2.75) is 31.4 Å². The minimum Gasteiger partial charge on any atom is -0.484 e. The minimum absolute atomic E-state index is 0.000855. The van der Waals surface area contributed by atoms with Crippen LogP contribution in [-0.4, -0.2) is 48.6 Å². The number of ether oxygens (including phenoxy) is 2. The molecule has 2 aliphatic rings. The molecule has 0 bridgehead atoms. The molecule has 2 atom stereocenters. The Morgan fingerprint density at radius 2 is 2.05 bits per heavy atom. The van der Waals surface area contributed by atoms with Crippen molar-refractivity contribution in [3.05, 3.63) is 29.8 Å². The number of fused-ring (bicyclic) bond motifs is 1. The molecule has 6 heteroatoms. The van der Waals surface area contributed by atoms with E-state index in [9.17, 15) is 9.59 Å². The summed E-state index contributed by atoms with van der Waals surface area (Å²) >= 11 is 0. The second-order valence-corrected chi connectivity index (χ2v) is 5.67. The molecule has 0 radical (unpaired) electrons. The maximum absolute atomic E-state index is 12.4. The molecule has 3 rings (SSSR count). The first kappa shape index (κ1) is 14.8. The summed E-state index contributed by atoms with van der Waals surface area (Å²) in [5.74, 6) is 0.0528. The monoisotopic (exact) mass is 304 g/mol. The summed E-state index contributed by atoms with van der Waals surface area (Å²) in [5, 5.41) is 0. The van der Waals surface area contributed by atoms with Crippen LogP contribution < -0.4 is 10.5 Å². The molecular weight excluding hydrogens is 284 g/mol. The van der Waals surface area contributed by atoms with Crippen LogP contribution in [0.5, 0.6) is 5.75 Å². The largest absolute Gasteiger partial charge is 0.484 e. The number of hydrogen-bond donors (Lipinski definition) is 1. The molecule has 2 amide bonds. The van der Waals surface area contributed by atoms with Gasteiger partial charge in [-0.1, -0.05) is 0 Å². The molecule has 1 aromatic carbocycles. The van der Waals surface area contributed by atoms with Gasteiger partial charge in [0, 0.05) is 12.1 Å². The van der Waals surface area contributed by atoms with Crippen LogP contribution in [0.1, 0.15) is 29.6 Å². The molecule has 0 aromatic heterocycles. The third-order valence-electron chi connectivity index (χ3n) is 4.30. The third-order valence-corrected chi connectivity index (χ3v) is 4.30. The summed E-state index contributed by atoms with van der Waals surface area (Å²) in [6.45, 7) is 1.23. The van der Waals surface area contributed by atoms with E-state index in [0.717, 1.165) is 19.3 Å². The van der Waals surface area contributed by atoms with Gasteiger partial charge in [0.05, 0.1) is 18.8 Å². The number of rotatable bonds is 4. The van der Waals surface area contributed by atoms with Gasteiger partial charge >= 0.3 is 0 Å². The lowest BCUT2D eigenvalue weighted by molar-refractivity contribution is -0.146. The fourth-order valence-corrected chi connectivity index (χ4v) is 3.18. The summed E-state index contributed by atoms with van der Waals surface area (Å²) in [5.41, 5.74) is 5.60. The molecule has 1 aliphatic heterocycles. The first-order valence-electron chi connectivity index (χ1n) is 7.59. The molecule has 118 valence electrons. The normalized spacial score (nSPS) is 23.9. The zero-order valence-electron chi connectivity index (χ0n) is 12.4. The van der Waals surface area contributed by atoms with Crippen LogP contribution in [0.4, 0.5) is 0 Å². The molecule has 1 heterocycles. The van der Waals surface area contributed by atoms with Crippen LogP contribution in [0.25, 0.3) is 0 Å². The number of nitrogens with zero attached hydrogens (tertiary/aromatic N) is 1. The van der Waals surface area contributed by atoms with Crippen LogP contribution in [0.2, 0.25) is 0 Å². The molecule has 2 fully saturated rings. The van der Waals surface area contributed by atoms with Gasteiger partial charge in [-0.05, 0) is 43.5 Å². The smallest absolute Gasteiger partial charge is 0.260 e. The topological polar surface area (TPSA) is 81.9 Å². The molecule has 1 saturated heterocycles. The highest BCUT2D eigenvalue weighted by Gasteiger charge is 2.38. The van der Waals surface area contributed by atoms with Crippen molar-refractivity contribution in [2.75, 3.05) is 19.8 Å². The summed E-state index contributed by atoms with van der Waals surface area (Å²) in [7, 11) is 0. The Hall–Kier alpha value is -2.08. The van der Waals surface area contributed by atoms with Crippen molar-refractivity contribution in [1.29, 1.82) is 0 Å². The van der Waals surface area contributed by atoms with E-state index >= 15 is 0 Å². The van der Waals surface area contributed by atoms with E-state index in [2.05, 4.69) is 0 Å². The second-order valence-electron chi connectivity index (χ2n) is 5.67. The van der Waals surface area contributed by atoms with Crippen LogP contribution >= 0.6 is 0 Å². The summed E-state index contributed by atoms with van der Waals surface area (Å²) in [6.07, 6.45) is 3.33. The fraction of sp³-hybridized carbons (Fsp3) is 0.500. The van der Waals surface area contributed by atoms with Crippen molar-refractivity contribution in [3.8, 4) is 5.75 Å². The lowest BCUT2D eigenvalue weighted by Gasteiger charge is -2.37. The van der Waals surface area contributed by atoms with E-state index in [1.165, 1.54) is 0 Å². The number of nitrogens with two attached hydrogens (primary N) is 1. The Morgan fingerprint density at radius 1 is 1.27 bits per heavy atom. The van der Waals surface area contributed by atoms with Gasteiger partial charge in [-0.15, -0.1) is 0 Å². The average molecular weight is 304 g/mol. The lowest BCUT2D eigenvalue weighted by Crippen LogP contribution is -2.52. The van der Waals surface area contributed by atoms with E-state index in [1.54, 1.807) is 24.3 Å². The van der Waals surface area contributed by atoms with Crippen LogP contribution in [0, 0.1) is 0 Å². The first-order valence-corrected chi connectivity index (χ1v) is 7.59.